The highest BCUT2D eigenvalue weighted by Gasteiger charge is 2.07. The van der Waals surface area contributed by atoms with E-state index in [0.717, 1.165) is 15.7 Å². The van der Waals surface area contributed by atoms with Crippen LogP contribution in [0.1, 0.15) is 11.1 Å². The summed E-state index contributed by atoms with van der Waals surface area (Å²) in [5.41, 5.74) is 2.46. The molecule has 4 heteroatoms. The lowest BCUT2D eigenvalue weighted by molar-refractivity contribution is 0.643. The molecule has 0 aromatic heterocycles. The van der Waals surface area contributed by atoms with Crippen LogP contribution in [0.15, 0.2) is 34.3 Å². The van der Waals surface area contributed by atoms with Gasteiger partial charge in [-0.2, -0.15) is 5.26 Å². The third kappa shape index (κ3) is 3.72. The molecule has 1 aromatic carbocycles. The zero-order chi connectivity index (χ0) is 12.8. The summed E-state index contributed by atoms with van der Waals surface area (Å²) in [6.45, 7) is 3.72. The Morgan fingerprint density at radius 2 is 2.24 bits per heavy atom. The van der Waals surface area contributed by atoms with Gasteiger partial charge in [0, 0.05) is 18.6 Å². The van der Waals surface area contributed by atoms with Crippen LogP contribution in [-0.4, -0.2) is 25.3 Å². The molecule has 0 amide bonds. The summed E-state index contributed by atoms with van der Waals surface area (Å²) in [6, 6.07) is 5.75. The predicted octanol–water partition coefficient (Wildman–Crippen LogP) is 3.27. The average molecular weight is 292 g/mol. The highest BCUT2D eigenvalue weighted by Crippen LogP contribution is 2.31. The quantitative estimate of drug-likeness (QED) is 0.485. The van der Waals surface area contributed by atoms with Gasteiger partial charge in [0.15, 0.2) is 0 Å². The fraction of sp³-hybridized carbons (Fsp3) is 0.231. The van der Waals surface area contributed by atoms with Crippen molar-refractivity contribution < 1.29 is 0 Å². The molecule has 0 spiro atoms. The maximum absolute atomic E-state index is 8.92. The molecule has 0 atom stereocenters. The molecule has 0 fully saturated rings. The first-order valence-corrected chi connectivity index (χ1v) is 5.91. The molecular weight excluding hydrogens is 278 g/mol. The SMILES string of the molecule is C=CCc1cc(C#N)cc(Br)c1N=CN(C)C. The highest BCUT2D eigenvalue weighted by molar-refractivity contribution is 9.10. The molecule has 0 radical (unpaired) electrons. The third-order valence-electron chi connectivity index (χ3n) is 2.05. The van der Waals surface area contributed by atoms with Crippen molar-refractivity contribution in [2.45, 2.75) is 6.42 Å². The maximum Gasteiger partial charge on any atom is 0.0992 e. The molecule has 0 aliphatic rings. The van der Waals surface area contributed by atoms with E-state index in [0.29, 0.717) is 12.0 Å². The molecule has 88 valence electrons. The van der Waals surface area contributed by atoms with Gasteiger partial charge in [0.1, 0.15) is 0 Å². The summed E-state index contributed by atoms with van der Waals surface area (Å²) >= 11 is 3.44. The van der Waals surface area contributed by atoms with Crippen molar-refractivity contribution in [2.24, 2.45) is 4.99 Å². The first kappa shape index (κ1) is 13.5. The molecule has 0 aliphatic heterocycles. The number of halogens is 1. The third-order valence-corrected chi connectivity index (χ3v) is 2.66. The van der Waals surface area contributed by atoms with Gasteiger partial charge < -0.3 is 4.90 Å². The fourth-order valence-corrected chi connectivity index (χ4v) is 1.95. The van der Waals surface area contributed by atoms with Crippen molar-refractivity contribution in [3.63, 3.8) is 0 Å². The normalized spacial score (nSPS) is 10.2. The van der Waals surface area contributed by atoms with Crippen LogP contribution < -0.4 is 0 Å². The Kier molecular flexibility index (Phi) is 4.92. The summed E-state index contributed by atoms with van der Waals surface area (Å²) in [6.07, 6.45) is 4.23. The van der Waals surface area contributed by atoms with Gasteiger partial charge in [-0.25, -0.2) is 4.99 Å². The van der Waals surface area contributed by atoms with E-state index in [4.69, 9.17) is 5.26 Å². The molecule has 1 rings (SSSR count). The fourth-order valence-electron chi connectivity index (χ4n) is 1.35. The molecule has 1 aromatic rings. The molecule has 0 unspecified atom stereocenters. The first-order valence-electron chi connectivity index (χ1n) is 5.12. The lowest BCUT2D eigenvalue weighted by Gasteiger charge is -2.08. The van der Waals surface area contributed by atoms with Gasteiger partial charge in [0.05, 0.1) is 23.7 Å². The van der Waals surface area contributed by atoms with Gasteiger partial charge in [-0.3, -0.25) is 0 Å². The largest absolute Gasteiger partial charge is 0.369 e. The molecular formula is C13H14BrN3. The van der Waals surface area contributed by atoms with E-state index in [1.54, 1.807) is 18.5 Å². The van der Waals surface area contributed by atoms with E-state index in [9.17, 15) is 0 Å². The van der Waals surface area contributed by atoms with Gasteiger partial charge in [-0.1, -0.05) is 6.08 Å². The van der Waals surface area contributed by atoms with Crippen LogP contribution in [0.5, 0.6) is 0 Å². The summed E-state index contributed by atoms with van der Waals surface area (Å²) in [7, 11) is 3.82. The second kappa shape index (κ2) is 6.21. The highest BCUT2D eigenvalue weighted by atomic mass is 79.9. The van der Waals surface area contributed by atoms with Crippen LogP contribution in [0.25, 0.3) is 0 Å². The number of rotatable bonds is 4. The number of benzene rings is 1. The minimum absolute atomic E-state index is 0.623. The lowest BCUT2D eigenvalue weighted by atomic mass is 10.1. The van der Waals surface area contributed by atoms with Crippen LogP contribution in [0, 0.1) is 11.3 Å². The minimum atomic E-state index is 0.623. The number of nitriles is 1. The van der Waals surface area contributed by atoms with Crippen molar-refractivity contribution in [3.05, 3.63) is 40.4 Å². The molecule has 17 heavy (non-hydrogen) atoms. The summed E-state index contributed by atoms with van der Waals surface area (Å²) in [5, 5.41) is 8.92. The molecule has 0 N–H and O–H groups in total. The van der Waals surface area contributed by atoms with Crippen LogP contribution in [0.4, 0.5) is 5.69 Å². The zero-order valence-corrected chi connectivity index (χ0v) is 11.5. The second-order valence-electron chi connectivity index (χ2n) is 3.78. The van der Waals surface area contributed by atoms with E-state index < -0.39 is 0 Å². The smallest absolute Gasteiger partial charge is 0.0992 e. The Morgan fingerprint density at radius 1 is 1.53 bits per heavy atom. The summed E-state index contributed by atoms with van der Waals surface area (Å²) < 4.78 is 0.825. The van der Waals surface area contributed by atoms with Gasteiger partial charge >= 0.3 is 0 Å². The standard InChI is InChI=1S/C13H14BrN3/c1-4-5-11-6-10(8-15)7-12(14)13(11)16-9-17(2)3/h4,6-7,9H,1,5H2,2-3H3. The Balaban J connectivity index is 3.26. The lowest BCUT2D eigenvalue weighted by Crippen LogP contribution is -2.07. The zero-order valence-electron chi connectivity index (χ0n) is 9.94. The molecule has 0 heterocycles. The van der Waals surface area contributed by atoms with Gasteiger partial charge in [0.2, 0.25) is 0 Å². The molecule has 3 nitrogen and oxygen atoms in total. The molecule has 0 saturated carbocycles. The minimum Gasteiger partial charge on any atom is -0.369 e. The number of hydrogen-bond acceptors (Lipinski definition) is 2. The van der Waals surface area contributed by atoms with E-state index in [1.165, 1.54) is 0 Å². The first-order chi connectivity index (χ1) is 8.08. The number of hydrogen-bond donors (Lipinski definition) is 0. The monoisotopic (exact) mass is 291 g/mol. The van der Waals surface area contributed by atoms with Crippen LogP contribution in [0.2, 0.25) is 0 Å². The van der Waals surface area contributed by atoms with Crippen molar-refractivity contribution in [1.29, 1.82) is 5.26 Å². The van der Waals surface area contributed by atoms with E-state index in [2.05, 4.69) is 33.6 Å². The Morgan fingerprint density at radius 3 is 2.76 bits per heavy atom. The molecule has 0 bridgehead atoms. The number of aliphatic imine (C=N–C) groups is 1. The van der Waals surface area contributed by atoms with Gasteiger partial charge in [-0.15, -0.1) is 6.58 Å². The Hall–Kier alpha value is -1.60. The van der Waals surface area contributed by atoms with E-state index >= 15 is 0 Å². The molecule has 0 aliphatic carbocycles. The Bertz CT molecular complexity index is 484. The topological polar surface area (TPSA) is 39.4 Å². The van der Waals surface area contributed by atoms with Crippen molar-refractivity contribution in [3.8, 4) is 6.07 Å². The summed E-state index contributed by atoms with van der Waals surface area (Å²) in [5.74, 6) is 0. The molecule has 0 saturated heterocycles. The average Bonchev–Trinajstić information content (AvgIpc) is 2.27. The maximum atomic E-state index is 8.92. The summed E-state index contributed by atoms with van der Waals surface area (Å²) in [4.78, 5) is 6.26. The van der Waals surface area contributed by atoms with Crippen molar-refractivity contribution in [1.82, 2.24) is 4.90 Å². The van der Waals surface area contributed by atoms with Crippen molar-refractivity contribution >= 4 is 28.0 Å². The number of allylic oxidation sites excluding steroid dienone is 1. The van der Waals surface area contributed by atoms with Crippen LogP contribution in [-0.2, 0) is 6.42 Å². The second-order valence-corrected chi connectivity index (χ2v) is 4.63. The van der Waals surface area contributed by atoms with Crippen molar-refractivity contribution in [2.75, 3.05) is 14.1 Å². The number of nitrogens with zero attached hydrogens (tertiary/aromatic N) is 3. The van der Waals surface area contributed by atoms with Crippen LogP contribution >= 0.6 is 15.9 Å². The Labute approximate surface area is 110 Å². The van der Waals surface area contributed by atoms with E-state index in [-0.39, 0.29) is 0 Å². The predicted molar refractivity (Wildman–Crippen MR) is 74.6 cm³/mol. The van der Waals surface area contributed by atoms with Gasteiger partial charge in [0.25, 0.3) is 0 Å². The van der Waals surface area contributed by atoms with E-state index in [1.807, 2.05) is 25.1 Å². The van der Waals surface area contributed by atoms with Gasteiger partial charge in [-0.05, 0) is 40.0 Å². The van der Waals surface area contributed by atoms with Crippen LogP contribution in [0.3, 0.4) is 0 Å².